The molecule has 7 nitrogen and oxygen atoms in total. The van der Waals surface area contributed by atoms with Crippen LogP contribution >= 0.6 is 0 Å². The molecule has 0 fully saturated rings. The number of amides is 3. The van der Waals surface area contributed by atoms with Crippen LogP contribution in [0.1, 0.15) is 6.92 Å². The number of hydrogen-bond donors (Lipinski definition) is 3. The predicted molar refractivity (Wildman–Crippen MR) is 81.5 cm³/mol. The Hall–Kier alpha value is -3.16. The van der Waals surface area contributed by atoms with Crippen molar-refractivity contribution in [3.8, 4) is 11.6 Å². The number of benzene rings is 1. The van der Waals surface area contributed by atoms with Crippen LogP contribution in [0.25, 0.3) is 0 Å². The van der Waals surface area contributed by atoms with E-state index >= 15 is 0 Å². The molecule has 0 aliphatic rings. The van der Waals surface area contributed by atoms with E-state index in [1.165, 1.54) is 37.4 Å². The molecule has 120 valence electrons. The molecule has 1 unspecified atom stereocenters. The van der Waals surface area contributed by atoms with Crippen molar-refractivity contribution in [2.45, 2.75) is 13.0 Å². The molecule has 8 heteroatoms. The number of urea groups is 1. The second kappa shape index (κ2) is 7.21. The topological polar surface area (TPSA) is 106 Å². The molecular weight excluding hydrogens is 303 g/mol. The normalized spacial score (nSPS) is 11.4. The lowest BCUT2D eigenvalue weighted by atomic mass is 10.3. The lowest BCUT2D eigenvalue weighted by Gasteiger charge is -2.12. The van der Waals surface area contributed by atoms with Crippen molar-refractivity contribution in [1.29, 1.82) is 0 Å². The van der Waals surface area contributed by atoms with E-state index in [-0.39, 0.29) is 11.7 Å². The van der Waals surface area contributed by atoms with Gasteiger partial charge in [0, 0.05) is 6.07 Å². The molecule has 0 saturated carbocycles. The van der Waals surface area contributed by atoms with Crippen molar-refractivity contribution in [1.82, 2.24) is 10.3 Å². The molecule has 2 rings (SSSR count). The first-order valence-corrected chi connectivity index (χ1v) is 6.70. The first-order valence-electron chi connectivity index (χ1n) is 6.70. The Labute approximate surface area is 131 Å². The van der Waals surface area contributed by atoms with Crippen molar-refractivity contribution >= 4 is 17.6 Å². The Morgan fingerprint density at radius 1 is 1.22 bits per heavy atom. The zero-order valence-corrected chi connectivity index (χ0v) is 12.2. The molecule has 4 N–H and O–H groups in total. The second-order valence-electron chi connectivity index (χ2n) is 4.66. The largest absolute Gasteiger partial charge is 0.439 e. The number of anilines is 1. The molecule has 1 heterocycles. The van der Waals surface area contributed by atoms with Crippen LogP contribution in [0.15, 0.2) is 42.6 Å². The van der Waals surface area contributed by atoms with Gasteiger partial charge in [0.15, 0.2) is 0 Å². The number of aromatic nitrogens is 1. The highest BCUT2D eigenvalue weighted by Gasteiger charge is 2.14. The third kappa shape index (κ3) is 4.95. The minimum atomic E-state index is -0.783. The maximum absolute atomic E-state index is 12.8. The van der Waals surface area contributed by atoms with Crippen molar-refractivity contribution < 1.29 is 18.7 Å². The van der Waals surface area contributed by atoms with Gasteiger partial charge in [-0.15, -0.1) is 0 Å². The molecule has 1 atom stereocenters. The molecule has 23 heavy (non-hydrogen) atoms. The zero-order chi connectivity index (χ0) is 16.8. The van der Waals surface area contributed by atoms with Crippen LogP contribution in [0, 0.1) is 5.82 Å². The molecule has 0 bridgehead atoms. The van der Waals surface area contributed by atoms with Crippen LogP contribution in [-0.4, -0.2) is 23.0 Å². The van der Waals surface area contributed by atoms with E-state index in [9.17, 15) is 14.0 Å². The van der Waals surface area contributed by atoms with Gasteiger partial charge in [-0.3, -0.25) is 4.79 Å². The summed E-state index contributed by atoms with van der Waals surface area (Å²) < 4.78 is 18.2. The molecule has 1 aromatic heterocycles. The van der Waals surface area contributed by atoms with E-state index < -0.39 is 18.0 Å². The third-order valence-corrected chi connectivity index (χ3v) is 2.79. The summed E-state index contributed by atoms with van der Waals surface area (Å²) in [6.45, 7) is 1.50. The highest BCUT2D eigenvalue weighted by atomic mass is 19.1. The molecule has 2 aromatic rings. The first-order chi connectivity index (χ1) is 10.9. The number of pyridine rings is 1. The summed E-state index contributed by atoms with van der Waals surface area (Å²) in [7, 11) is 0. The second-order valence-corrected chi connectivity index (χ2v) is 4.66. The number of carbonyl (C=O) groups is 2. The summed E-state index contributed by atoms with van der Waals surface area (Å²) in [6.07, 6.45) is 1.40. The number of ether oxygens (including phenoxy) is 1. The first kappa shape index (κ1) is 16.2. The fraction of sp³-hybridized carbons (Fsp3) is 0.133. The fourth-order valence-corrected chi connectivity index (χ4v) is 1.67. The Balaban J connectivity index is 1.95. The Morgan fingerprint density at radius 2 is 1.91 bits per heavy atom. The van der Waals surface area contributed by atoms with E-state index in [4.69, 9.17) is 10.5 Å². The van der Waals surface area contributed by atoms with Crippen LogP contribution in [0.5, 0.6) is 11.6 Å². The van der Waals surface area contributed by atoms with E-state index in [2.05, 4.69) is 15.6 Å². The van der Waals surface area contributed by atoms with Gasteiger partial charge in [-0.1, -0.05) is 0 Å². The minimum absolute atomic E-state index is 0.290. The Morgan fingerprint density at radius 3 is 2.48 bits per heavy atom. The molecule has 0 spiro atoms. The summed E-state index contributed by atoms with van der Waals surface area (Å²) >= 11 is 0. The molecule has 3 amide bonds. The average molecular weight is 318 g/mol. The van der Waals surface area contributed by atoms with Gasteiger partial charge in [-0.2, -0.15) is 0 Å². The predicted octanol–water partition coefficient (Wildman–Crippen LogP) is 2.01. The number of rotatable bonds is 5. The van der Waals surface area contributed by atoms with Crippen molar-refractivity contribution in [2.24, 2.45) is 5.73 Å². The highest BCUT2D eigenvalue weighted by Crippen LogP contribution is 2.20. The van der Waals surface area contributed by atoms with Gasteiger partial charge in [0.05, 0.1) is 11.9 Å². The number of nitrogens with zero attached hydrogens (tertiary/aromatic N) is 1. The fourth-order valence-electron chi connectivity index (χ4n) is 1.67. The molecular formula is C15H15FN4O3. The summed E-state index contributed by atoms with van der Waals surface area (Å²) in [5.74, 6) is -0.0623. The molecule has 0 radical (unpaired) electrons. The van der Waals surface area contributed by atoms with Gasteiger partial charge in [0.2, 0.25) is 11.8 Å². The summed E-state index contributed by atoms with van der Waals surface area (Å²) in [6, 6.07) is 7.07. The number of nitrogens with two attached hydrogens (primary N) is 1. The Kier molecular flexibility index (Phi) is 5.08. The van der Waals surface area contributed by atoms with E-state index in [1.54, 1.807) is 12.1 Å². The van der Waals surface area contributed by atoms with Crippen LogP contribution in [0.4, 0.5) is 14.9 Å². The number of nitrogens with one attached hydrogen (secondary N) is 2. The lowest BCUT2D eigenvalue weighted by Crippen LogP contribution is -2.44. The summed E-state index contributed by atoms with van der Waals surface area (Å²) in [4.78, 5) is 26.5. The van der Waals surface area contributed by atoms with Crippen molar-refractivity contribution in [2.75, 3.05) is 5.32 Å². The lowest BCUT2D eigenvalue weighted by molar-refractivity contribution is -0.117. The molecule has 1 aromatic carbocycles. The maximum Gasteiger partial charge on any atom is 0.312 e. The quantitative estimate of drug-likeness (QED) is 0.784. The number of carbonyl (C=O) groups excluding carboxylic acids is 2. The van der Waals surface area contributed by atoms with Gasteiger partial charge >= 0.3 is 6.03 Å². The summed E-state index contributed by atoms with van der Waals surface area (Å²) in [5.41, 5.74) is 5.37. The summed E-state index contributed by atoms with van der Waals surface area (Å²) in [5, 5.41) is 4.83. The van der Waals surface area contributed by atoms with Crippen molar-refractivity contribution in [3.63, 3.8) is 0 Å². The average Bonchev–Trinajstić information content (AvgIpc) is 2.51. The molecule has 0 aliphatic heterocycles. The Bertz CT molecular complexity index is 689. The standard InChI is InChI=1S/C15H15FN4O3/c1-9(19-15(17)22)14(21)20-11-4-7-13(18-8-11)23-12-5-2-10(16)3-6-12/h2-9H,1H3,(H,20,21)(H3,17,19,22). The maximum atomic E-state index is 12.8. The SMILES string of the molecule is CC(NC(N)=O)C(=O)Nc1ccc(Oc2ccc(F)cc2)nc1. The van der Waals surface area contributed by atoms with E-state index in [1.807, 2.05) is 0 Å². The molecule has 0 saturated heterocycles. The number of hydrogen-bond acceptors (Lipinski definition) is 4. The van der Waals surface area contributed by atoms with E-state index in [0.29, 0.717) is 11.4 Å². The smallest absolute Gasteiger partial charge is 0.312 e. The third-order valence-electron chi connectivity index (χ3n) is 2.79. The molecule has 0 aliphatic carbocycles. The number of halogens is 1. The van der Waals surface area contributed by atoms with Gasteiger partial charge < -0.3 is 21.1 Å². The van der Waals surface area contributed by atoms with Crippen LogP contribution in [-0.2, 0) is 4.79 Å². The monoisotopic (exact) mass is 318 g/mol. The van der Waals surface area contributed by atoms with Crippen LogP contribution < -0.4 is 21.1 Å². The van der Waals surface area contributed by atoms with Gasteiger partial charge in [-0.25, -0.2) is 14.2 Å². The highest BCUT2D eigenvalue weighted by molar-refractivity contribution is 5.96. The minimum Gasteiger partial charge on any atom is -0.439 e. The van der Waals surface area contributed by atoms with Crippen LogP contribution in [0.3, 0.4) is 0 Å². The van der Waals surface area contributed by atoms with Gasteiger partial charge in [-0.05, 0) is 37.3 Å². The van der Waals surface area contributed by atoms with Crippen molar-refractivity contribution in [3.05, 3.63) is 48.4 Å². The van der Waals surface area contributed by atoms with Gasteiger partial charge in [0.1, 0.15) is 17.6 Å². The number of primary amides is 1. The van der Waals surface area contributed by atoms with Gasteiger partial charge in [0.25, 0.3) is 0 Å². The van der Waals surface area contributed by atoms with Crippen LogP contribution in [0.2, 0.25) is 0 Å². The van der Waals surface area contributed by atoms with E-state index in [0.717, 1.165) is 0 Å². The zero-order valence-electron chi connectivity index (χ0n) is 12.2.